The molecule has 6 heteroatoms. The van der Waals surface area contributed by atoms with Crippen LogP contribution in [0.1, 0.15) is 38.0 Å². The molecule has 2 fully saturated rings. The molecule has 0 aromatic carbocycles. The van der Waals surface area contributed by atoms with Crippen molar-refractivity contribution >= 4 is 0 Å². The minimum atomic E-state index is -0.202. The van der Waals surface area contributed by atoms with Gasteiger partial charge in [-0.05, 0) is 32.9 Å². The maximum atomic E-state index is 10.2. The molecule has 1 saturated carbocycles. The fourth-order valence-electron chi connectivity index (χ4n) is 3.54. The lowest BCUT2D eigenvalue weighted by atomic mass is 9.58. The first-order chi connectivity index (χ1) is 9.64. The van der Waals surface area contributed by atoms with Gasteiger partial charge in [0, 0.05) is 25.4 Å². The highest BCUT2D eigenvalue weighted by Crippen LogP contribution is 2.50. The Labute approximate surface area is 119 Å². The monoisotopic (exact) mass is 281 g/mol. The van der Waals surface area contributed by atoms with Gasteiger partial charge in [-0.15, -0.1) is 10.2 Å². The van der Waals surface area contributed by atoms with Gasteiger partial charge < -0.3 is 14.3 Å². The van der Waals surface area contributed by atoms with Crippen molar-refractivity contribution in [2.45, 2.75) is 51.9 Å². The predicted molar refractivity (Wildman–Crippen MR) is 72.0 cm³/mol. The molecule has 112 valence electrons. The zero-order valence-corrected chi connectivity index (χ0v) is 12.2. The van der Waals surface area contributed by atoms with Gasteiger partial charge in [0.05, 0.1) is 18.8 Å². The van der Waals surface area contributed by atoms with Crippen molar-refractivity contribution < 1.29 is 14.3 Å². The lowest BCUT2D eigenvalue weighted by Crippen LogP contribution is -2.62. The molecular weight excluding hydrogens is 258 g/mol. The van der Waals surface area contributed by atoms with Crippen LogP contribution in [0.15, 0.2) is 4.42 Å². The maximum absolute atomic E-state index is 10.2. The highest BCUT2D eigenvalue weighted by atomic mass is 16.5. The molecule has 1 N–H and O–H groups in total. The number of piperidine rings is 1. The highest BCUT2D eigenvalue weighted by molar-refractivity contribution is 5.06. The third-order valence-corrected chi connectivity index (χ3v) is 4.82. The number of nitrogens with zero attached hydrogens (tertiary/aromatic N) is 3. The second-order valence-corrected chi connectivity index (χ2v) is 5.92. The van der Waals surface area contributed by atoms with Crippen LogP contribution in [0.2, 0.25) is 0 Å². The Balaban J connectivity index is 1.56. The van der Waals surface area contributed by atoms with Crippen LogP contribution in [0, 0.1) is 12.3 Å². The molecule has 1 aliphatic carbocycles. The van der Waals surface area contributed by atoms with E-state index >= 15 is 0 Å². The van der Waals surface area contributed by atoms with E-state index in [0.717, 1.165) is 39.0 Å². The topological polar surface area (TPSA) is 71.6 Å². The van der Waals surface area contributed by atoms with Crippen LogP contribution in [-0.2, 0) is 11.3 Å². The number of aliphatic hydroxyl groups is 1. The molecule has 2 aliphatic rings. The standard InChI is InChI=1S/C14H23N3O3/c1-3-19-12-8-11(18)14(12)4-6-17(7-5-14)9-13-16-15-10(2)20-13/h11-12,18H,3-9H2,1-2H3. The first kappa shape index (κ1) is 14.0. The second kappa shape index (κ2) is 5.42. The average Bonchev–Trinajstić information content (AvgIpc) is 2.85. The van der Waals surface area contributed by atoms with Gasteiger partial charge in [0.25, 0.3) is 0 Å². The van der Waals surface area contributed by atoms with Crippen molar-refractivity contribution in [3.8, 4) is 0 Å². The molecule has 2 heterocycles. The fraction of sp³-hybridized carbons (Fsp3) is 0.857. The van der Waals surface area contributed by atoms with E-state index in [4.69, 9.17) is 9.15 Å². The van der Waals surface area contributed by atoms with E-state index in [-0.39, 0.29) is 17.6 Å². The Kier molecular flexibility index (Phi) is 3.79. The van der Waals surface area contributed by atoms with Crippen LogP contribution in [0.5, 0.6) is 0 Å². The molecule has 2 atom stereocenters. The van der Waals surface area contributed by atoms with E-state index in [9.17, 15) is 5.11 Å². The van der Waals surface area contributed by atoms with Gasteiger partial charge in [-0.2, -0.15) is 0 Å². The Bertz CT molecular complexity index is 452. The summed E-state index contributed by atoms with van der Waals surface area (Å²) in [6.45, 7) is 7.14. The Morgan fingerprint density at radius 3 is 2.70 bits per heavy atom. The molecule has 1 saturated heterocycles. The Hall–Kier alpha value is -0.980. The molecule has 6 nitrogen and oxygen atoms in total. The molecule has 1 spiro atoms. The van der Waals surface area contributed by atoms with Crippen molar-refractivity contribution in [1.82, 2.24) is 15.1 Å². The molecule has 20 heavy (non-hydrogen) atoms. The minimum Gasteiger partial charge on any atom is -0.424 e. The summed E-state index contributed by atoms with van der Waals surface area (Å²) in [5.41, 5.74) is -0.0166. The zero-order chi connectivity index (χ0) is 14.2. The number of aromatic nitrogens is 2. The van der Waals surface area contributed by atoms with E-state index in [1.165, 1.54) is 0 Å². The van der Waals surface area contributed by atoms with Gasteiger partial charge >= 0.3 is 0 Å². The fourth-order valence-corrected chi connectivity index (χ4v) is 3.54. The maximum Gasteiger partial charge on any atom is 0.230 e. The van der Waals surface area contributed by atoms with Crippen LogP contribution in [-0.4, -0.2) is 52.1 Å². The van der Waals surface area contributed by atoms with E-state index in [0.29, 0.717) is 18.3 Å². The second-order valence-electron chi connectivity index (χ2n) is 5.92. The normalized spacial score (nSPS) is 29.6. The lowest BCUT2D eigenvalue weighted by molar-refractivity contribution is -0.210. The first-order valence-corrected chi connectivity index (χ1v) is 7.45. The summed E-state index contributed by atoms with van der Waals surface area (Å²) in [4.78, 5) is 2.31. The van der Waals surface area contributed by atoms with Crippen molar-refractivity contribution in [2.24, 2.45) is 5.41 Å². The average molecular weight is 281 g/mol. The molecular formula is C14H23N3O3. The molecule has 1 aromatic heterocycles. The summed E-state index contributed by atoms with van der Waals surface area (Å²) in [5.74, 6) is 1.29. The van der Waals surface area contributed by atoms with Gasteiger partial charge in [0.15, 0.2) is 0 Å². The lowest BCUT2D eigenvalue weighted by Gasteiger charge is -2.56. The minimum absolute atomic E-state index is 0.0166. The van der Waals surface area contributed by atoms with Gasteiger partial charge in [-0.1, -0.05) is 0 Å². The Morgan fingerprint density at radius 2 is 2.15 bits per heavy atom. The third-order valence-electron chi connectivity index (χ3n) is 4.82. The van der Waals surface area contributed by atoms with E-state index in [2.05, 4.69) is 15.1 Å². The molecule has 0 bridgehead atoms. The van der Waals surface area contributed by atoms with Crippen LogP contribution in [0.3, 0.4) is 0 Å². The van der Waals surface area contributed by atoms with Gasteiger partial charge in [-0.3, -0.25) is 4.90 Å². The number of aryl methyl sites for hydroxylation is 1. The third kappa shape index (κ3) is 2.36. The summed E-state index contributed by atoms with van der Waals surface area (Å²) in [5, 5.41) is 18.1. The number of ether oxygens (including phenoxy) is 1. The van der Waals surface area contributed by atoms with Crippen molar-refractivity contribution in [1.29, 1.82) is 0 Å². The summed E-state index contributed by atoms with van der Waals surface area (Å²) in [7, 11) is 0. The largest absolute Gasteiger partial charge is 0.424 e. The van der Waals surface area contributed by atoms with Crippen molar-refractivity contribution in [3.05, 3.63) is 11.8 Å². The quantitative estimate of drug-likeness (QED) is 0.892. The van der Waals surface area contributed by atoms with Crippen LogP contribution >= 0.6 is 0 Å². The van der Waals surface area contributed by atoms with Crippen LogP contribution in [0.25, 0.3) is 0 Å². The highest BCUT2D eigenvalue weighted by Gasteiger charge is 2.55. The van der Waals surface area contributed by atoms with E-state index < -0.39 is 0 Å². The SMILES string of the molecule is CCOC1CC(O)C12CCN(Cc1nnc(C)o1)CC2. The summed E-state index contributed by atoms with van der Waals surface area (Å²) < 4.78 is 11.2. The molecule has 0 radical (unpaired) electrons. The number of likely N-dealkylation sites (tertiary alicyclic amines) is 1. The van der Waals surface area contributed by atoms with Gasteiger partial charge in [0.1, 0.15) is 0 Å². The van der Waals surface area contributed by atoms with Crippen molar-refractivity contribution in [2.75, 3.05) is 19.7 Å². The zero-order valence-electron chi connectivity index (χ0n) is 12.2. The van der Waals surface area contributed by atoms with Gasteiger partial charge in [-0.25, -0.2) is 0 Å². The molecule has 1 aliphatic heterocycles. The van der Waals surface area contributed by atoms with Crippen LogP contribution in [0.4, 0.5) is 0 Å². The molecule has 3 rings (SSSR count). The number of aliphatic hydroxyl groups excluding tert-OH is 1. The number of hydrogen-bond acceptors (Lipinski definition) is 6. The Morgan fingerprint density at radius 1 is 1.40 bits per heavy atom. The number of rotatable bonds is 4. The molecule has 2 unspecified atom stereocenters. The van der Waals surface area contributed by atoms with E-state index in [1.54, 1.807) is 6.92 Å². The molecule has 1 aromatic rings. The van der Waals surface area contributed by atoms with Crippen LogP contribution < -0.4 is 0 Å². The smallest absolute Gasteiger partial charge is 0.230 e. The summed E-state index contributed by atoms with van der Waals surface area (Å²) in [6, 6.07) is 0. The number of hydrogen-bond donors (Lipinski definition) is 1. The predicted octanol–water partition coefficient (Wildman–Crippen LogP) is 1.13. The van der Waals surface area contributed by atoms with Gasteiger partial charge in [0.2, 0.25) is 11.8 Å². The summed E-state index contributed by atoms with van der Waals surface area (Å²) >= 11 is 0. The van der Waals surface area contributed by atoms with E-state index in [1.807, 2.05) is 6.92 Å². The van der Waals surface area contributed by atoms with Crippen molar-refractivity contribution in [3.63, 3.8) is 0 Å². The summed E-state index contributed by atoms with van der Waals surface area (Å²) in [6.07, 6.45) is 2.77. The molecule has 0 amide bonds. The first-order valence-electron chi connectivity index (χ1n) is 7.45.